The van der Waals surface area contributed by atoms with Gasteiger partial charge in [0.1, 0.15) is 23.4 Å². The number of hydrogen-bond donors (Lipinski definition) is 1. The zero-order valence-corrected chi connectivity index (χ0v) is 23.5. The van der Waals surface area contributed by atoms with Crippen molar-refractivity contribution in [2.75, 3.05) is 19.7 Å². The Kier molecular flexibility index (Phi) is 7.41. The Labute approximate surface area is 245 Å². The molecule has 2 aliphatic rings. The highest BCUT2D eigenvalue weighted by Gasteiger charge is 2.26. The quantitative estimate of drug-likeness (QED) is 0.272. The average molecular weight is 589 g/mol. The Bertz CT molecular complexity index is 1740. The molecule has 0 aliphatic carbocycles. The van der Waals surface area contributed by atoms with Gasteiger partial charge in [0.05, 0.1) is 24.7 Å². The SMILES string of the molecule is O=c1[nH]c(-c2ccc3c(n2)nc(CN2CCC(Oc4ccnc(Cc5ccc(Cl)cc5)n4)CC2)n3CC2CCO2)no1. The first kappa shape index (κ1) is 26.7. The number of fused-ring (bicyclic) bond motifs is 1. The maximum absolute atomic E-state index is 11.4. The van der Waals surface area contributed by atoms with Crippen LogP contribution in [0.3, 0.4) is 0 Å². The Morgan fingerprint density at radius 3 is 2.60 bits per heavy atom. The number of H-pyrrole nitrogens is 1. The lowest BCUT2D eigenvalue weighted by Crippen LogP contribution is -2.39. The largest absolute Gasteiger partial charge is 0.474 e. The number of piperidine rings is 1. The van der Waals surface area contributed by atoms with Gasteiger partial charge in [-0.2, -0.15) is 4.98 Å². The molecular formula is C29H29ClN8O4. The summed E-state index contributed by atoms with van der Waals surface area (Å²) in [4.78, 5) is 35.0. The zero-order valence-electron chi connectivity index (χ0n) is 22.8. The van der Waals surface area contributed by atoms with E-state index in [2.05, 4.69) is 39.1 Å². The highest BCUT2D eigenvalue weighted by atomic mass is 35.5. The van der Waals surface area contributed by atoms with Crippen LogP contribution in [-0.2, 0) is 24.2 Å². The molecular weight excluding hydrogens is 560 g/mol. The van der Waals surface area contributed by atoms with E-state index in [4.69, 9.17) is 26.1 Å². The van der Waals surface area contributed by atoms with Gasteiger partial charge in [-0.15, -0.1) is 0 Å². The standard InChI is InChI=1S/C29H29ClN8O4/c30-19-3-1-18(2-4-19)15-24-31-11-7-26(33-24)41-20-8-12-37(13-9-20)17-25-34-28-23(38(25)16-21-10-14-40-21)6-5-22(32-28)27-35-29(39)42-36-27/h1-7,11,20-21H,8-10,12-17H2,(H,35,36,39). The molecule has 0 radical (unpaired) electrons. The predicted octanol–water partition coefficient (Wildman–Crippen LogP) is 3.64. The topological polar surface area (TPSA) is 137 Å². The van der Waals surface area contributed by atoms with Crippen LogP contribution in [0, 0.1) is 0 Å². The van der Waals surface area contributed by atoms with Gasteiger partial charge in [-0.3, -0.25) is 14.4 Å². The minimum atomic E-state index is -0.620. The number of imidazole rings is 1. The highest BCUT2D eigenvalue weighted by molar-refractivity contribution is 6.30. The van der Waals surface area contributed by atoms with Crippen molar-refractivity contribution in [3.63, 3.8) is 0 Å². The molecule has 13 heteroatoms. The van der Waals surface area contributed by atoms with E-state index < -0.39 is 5.76 Å². The Balaban J connectivity index is 1.01. The molecule has 1 atom stereocenters. The minimum Gasteiger partial charge on any atom is -0.474 e. The van der Waals surface area contributed by atoms with Crippen LogP contribution >= 0.6 is 11.6 Å². The number of benzene rings is 1. The molecule has 5 aromatic rings. The second-order valence-corrected chi connectivity index (χ2v) is 11.0. The number of ether oxygens (including phenoxy) is 2. The van der Waals surface area contributed by atoms with Crippen LogP contribution in [0.15, 0.2) is 58.0 Å². The molecule has 42 heavy (non-hydrogen) atoms. The number of pyridine rings is 1. The molecule has 1 aromatic carbocycles. The van der Waals surface area contributed by atoms with Crippen molar-refractivity contribution in [2.45, 2.75) is 51.0 Å². The monoisotopic (exact) mass is 588 g/mol. The number of rotatable bonds is 9. The second-order valence-electron chi connectivity index (χ2n) is 10.6. The molecule has 0 spiro atoms. The van der Waals surface area contributed by atoms with Gasteiger partial charge in [0.2, 0.25) is 11.7 Å². The smallest absolute Gasteiger partial charge is 0.439 e. The van der Waals surface area contributed by atoms with E-state index in [1.165, 1.54) is 0 Å². The van der Waals surface area contributed by atoms with E-state index in [1.807, 2.05) is 42.5 Å². The number of halogens is 1. The summed E-state index contributed by atoms with van der Waals surface area (Å²) in [5.41, 5.74) is 3.12. The fourth-order valence-electron chi connectivity index (χ4n) is 5.36. The summed E-state index contributed by atoms with van der Waals surface area (Å²) >= 11 is 6.00. The van der Waals surface area contributed by atoms with Crippen molar-refractivity contribution in [3.8, 4) is 17.4 Å². The number of nitrogens with one attached hydrogen (secondary N) is 1. The first-order chi connectivity index (χ1) is 20.6. The molecule has 12 nitrogen and oxygen atoms in total. The summed E-state index contributed by atoms with van der Waals surface area (Å²) in [5.74, 6) is 1.91. The number of aromatic nitrogens is 7. The van der Waals surface area contributed by atoms with Crippen molar-refractivity contribution in [2.24, 2.45) is 0 Å². The molecule has 4 aromatic heterocycles. The summed E-state index contributed by atoms with van der Waals surface area (Å²) in [7, 11) is 0. The van der Waals surface area contributed by atoms with Gasteiger partial charge >= 0.3 is 5.76 Å². The van der Waals surface area contributed by atoms with Crippen LogP contribution in [0.25, 0.3) is 22.7 Å². The van der Waals surface area contributed by atoms with Gasteiger partial charge in [0.25, 0.3) is 0 Å². The maximum atomic E-state index is 11.4. The van der Waals surface area contributed by atoms with Crippen molar-refractivity contribution >= 4 is 22.8 Å². The summed E-state index contributed by atoms with van der Waals surface area (Å²) in [5, 5.41) is 4.47. The van der Waals surface area contributed by atoms with E-state index >= 15 is 0 Å². The molecule has 0 amide bonds. The third kappa shape index (κ3) is 5.91. The summed E-state index contributed by atoms with van der Waals surface area (Å²) in [6, 6.07) is 13.3. The van der Waals surface area contributed by atoms with E-state index in [-0.39, 0.29) is 18.0 Å². The first-order valence-corrected chi connectivity index (χ1v) is 14.4. The molecule has 1 N–H and O–H groups in total. The summed E-state index contributed by atoms with van der Waals surface area (Å²) < 4.78 is 18.8. The third-order valence-electron chi connectivity index (χ3n) is 7.70. The van der Waals surface area contributed by atoms with E-state index in [0.717, 1.165) is 62.4 Å². The molecule has 216 valence electrons. The van der Waals surface area contributed by atoms with Gasteiger partial charge < -0.3 is 14.0 Å². The van der Waals surface area contributed by atoms with Crippen LogP contribution in [0.2, 0.25) is 5.02 Å². The summed E-state index contributed by atoms with van der Waals surface area (Å²) in [6.45, 7) is 3.94. The average Bonchev–Trinajstić information content (AvgIpc) is 3.55. The fraction of sp³-hybridized carbons (Fsp3) is 0.379. The van der Waals surface area contributed by atoms with Gasteiger partial charge in [-0.05, 0) is 49.1 Å². The van der Waals surface area contributed by atoms with E-state index in [1.54, 1.807) is 6.20 Å². The third-order valence-corrected chi connectivity index (χ3v) is 7.95. The Morgan fingerprint density at radius 1 is 1.02 bits per heavy atom. The van der Waals surface area contributed by atoms with Crippen LogP contribution in [0.5, 0.6) is 5.88 Å². The van der Waals surface area contributed by atoms with Crippen molar-refractivity contribution in [1.29, 1.82) is 0 Å². The lowest BCUT2D eigenvalue weighted by Gasteiger charge is -2.32. The van der Waals surface area contributed by atoms with Crippen molar-refractivity contribution < 1.29 is 14.0 Å². The highest BCUT2D eigenvalue weighted by Crippen LogP contribution is 2.25. The fourth-order valence-corrected chi connectivity index (χ4v) is 5.48. The predicted molar refractivity (Wildman–Crippen MR) is 153 cm³/mol. The van der Waals surface area contributed by atoms with Gasteiger partial charge in [0, 0.05) is 43.4 Å². The van der Waals surface area contributed by atoms with Crippen LogP contribution < -0.4 is 10.5 Å². The molecule has 0 saturated carbocycles. The molecule has 2 aliphatic heterocycles. The second kappa shape index (κ2) is 11.6. The lowest BCUT2D eigenvalue weighted by molar-refractivity contribution is -0.0592. The summed E-state index contributed by atoms with van der Waals surface area (Å²) in [6.07, 6.45) is 5.40. The first-order valence-electron chi connectivity index (χ1n) is 14.1. The van der Waals surface area contributed by atoms with E-state index in [9.17, 15) is 4.79 Å². The number of likely N-dealkylation sites (tertiary alicyclic amines) is 1. The van der Waals surface area contributed by atoms with Crippen molar-refractivity contribution in [1.82, 2.24) is 39.5 Å². The lowest BCUT2D eigenvalue weighted by atomic mass is 10.1. The molecule has 2 saturated heterocycles. The van der Waals surface area contributed by atoms with Gasteiger partial charge in [0.15, 0.2) is 5.65 Å². The van der Waals surface area contributed by atoms with Crippen LogP contribution in [0.1, 0.15) is 36.5 Å². The Morgan fingerprint density at radius 2 is 1.86 bits per heavy atom. The number of hydrogen-bond acceptors (Lipinski definition) is 10. The number of nitrogens with zero attached hydrogens (tertiary/aromatic N) is 7. The zero-order chi connectivity index (χ0) is 28.5. The van der Waals surface area contributed by atoms with Crippen LogP contribution in [0.4, 0.5) is 0 Å². The Hall–Kier alpha value is -4.13. The molecule has 6 heterocycles. The number of aromatic amines is 1. The minimum absolute atomic E-state index is 0.0792. The van der Waals surface area contributed by atoms with E-state index in [0.29, 0.717) is 41.0 Å². The normalized spacial score (nSPS) is 17.9. The van der Waals surface area contributed by atoms with Gasteiger partial charge in [-0.1, -0.05) is 28.9 Å². The molecule has 0 bridgehead atoms. The van der Waals surface area contributed by atoms with Crippen molar-refractivity contribution in [3.05, 3.63) is 81.4 Å². The molecule has 7 rings (SSSR count). The van der Waals surface area contributed by atoms with Gasteiger partial charge in [-0.25, -0.2) is 19.7 Å². The maximum Gasteiger partial charge on any atom is 0.439 e. The van der Waals surface area contributed by atoms with Crippen LogP contribution in [-0.4, -0.2) is 71.4 Å². The molecule has 1 unspecified atom stereocenters. The molecule has 2 fully saturated rings.